The molecule has 8 nitrogen and oxygen atoms in total. The minimum absolute atomic E-state index is 0.0133. The number of pyridine rings is 1. The lowest BCUT2D eigenvalue weighted by Gasteiger charge is -2.36. The highest BCUT2D eigenvalue weighted by Crippen LogP contribution is 2.38. The number of carbonyl (C=O) groups excluding carboxylic acids is 1. The largest absolute Gasteiger partial charge is 0.423 e. The summed E-state index contributed by atoms with van der Waals surface area (Å²) in [6, 6.07) is 7.25. The van der Waals surface area contributed by atoms with Crippen LogP contribution in [0.2, 0.25) is 0 Å². The van der Waals surface area contributed by atoms with Gasteiger partial charge in [0.15, 0.2) is 0 Å². The molecule has 39 heavy (non-hydrogen) atoms. The van der Waals surface area contributed by atoms with Crippen LogP contribution in [0.25, 0.3) is 0 Å². The van der Waals surface area contributed by atoms with Crippen LogP contribution in [0.1, 0.15) is 63.1 Å². The number of unbranched alkanes of at least 4 members (excludes halogenated alkanes) is 1. The minimum atomic E-state index is -4.79. The monoisotopic (exact) mass is 547 g/mol. The quantitative estimate of drug-likeness (QED) is 0.303. The van der Waals surface area contributed by atoms with Crippen LogP contribution in [-0.2, 0) is 17.4 Å². The van der Waals surface area contributed by atoms with E-state index in [1.54, 1.807) is 0 Å². The summed E-state index contributed by atoms with van der Waals surface area (Å²) in [4.78, 5) is 31.2. The first kappa shape index (κ1) is 28.6. The van der Waals surface area contributed by atoms with Gasteiger partial charge in [0.25, 0.3) is 5.69 Å². The van der Waals surface area contributed by atoms with Crippen LogP contribution in [0.4, 0.5) is 30.2 Å². The second kappa shape index (κ2) is 12.7. The number of carbonyl (C=O) groups is 1. The summed E-state index contributed by atoms with van der Waals surface area (Å²) in [6.45, 7) is 5.16. The topological polar surface area (TPSA) is 91.6 Å². The third kappa shape index (κ3) is 7.60. The number of hydrogen-bond donors (Lipinski definition) is 1. The molecule has 1 amide bonds. The highest BCUT2D eigenvalue weighted by Gasteiger charge is 2.38. The van der Waals surface area contributed by atoms with Crippen molar-refractivity contribution in [1.29, 1.82) is 0 Å². The first-order valence-corrected chi connectivity index (χ1v) is 13.7. The molecule has 4 rings (SSSR count). The summed E-state index contributed by atoms with van der Waals surface area (Å²) >= 11 is 0. The first-order chi connectivity index (χ1) is 18.6. The second-order valence-corrected chi connectivity index (χ2v) is 10.5. The Labute approximate surface area is 226 Å². The lowest BCUT2D eigenvalue weighted by atomic mass is 9.83. The van der Waals surface area contributed by atoms with Gasteiger partial charge in [-0.2, -0.15) is 13.2 Å². The zero-order chi connectivity index (χ0) is 28.0. The zero-order valence-electron chi connectivity index (χ0n) is 22.3. The molecule has 212 valence electrons. The molecule has 0 bridgehead atoms. The van der Waals surface area contributed by atoms with Gasteiger partial charge in [-0.1, -0.05) is 13.3 Å². The zero-order valence-corrected chi connectivity index (χ0v) is 22.3. The van der Waals surface area contributed by atoms with E-state index in [0.29, 0.717) is 12.3 Å². The van der Waals surface area contributed by atoms with Crippen LogP contribution in [-0.4, -0.2) is 52.9 Å². The van der Waals surface area contributed by atoms with Gasteiger partial charge in [0.2, 0.25) is 5.91 Å². The Balaban J connectivity index is 1.27. The molecule has 1 aromatic heterocycles. The molecule has 1 aromatic carbocycles. The van der Waals surface area contributed by atoms with Gasteiger partial charge in [0.05, 0.1) is 4.92 Å². The lowest BCUT2D eigenvalue weighted by Crippen LogP contribution is -2.48. The molecule has 1 aliphatic carbocycles. The normalized spacial score (nSPS) is 20.1. The Kier molecular flexibility index (Phi) is 9.29. The Morgan fingerprint density at radius 3 is 2.46 bits per heavy atom. The highest BCUT2D eigenvalue weighted by molar-refractivity contribution is 5.76. The number of nitrogens with one attached hydrogen (secondary N) is 1. The smallest absolute Gasteiger partial charge is 0.382 e. The van der Waals surface area contributed by atoms with Crippen LogP contribution >= 0.6 is 0 Å². The molecule has 1 aliphatic heterocycles. The van der Waals surface area contributed by atoms with E-state index in [4.69, 9.17) is 0 Å². The summed E-state index contributed by atoms with van der Waals surface area (Å²) in [5.74, 6) is 0.674. The van der Waals surface area contributed by atoms with E-state index in [1.807, 2.05) is 17.2 Å². The number of nitro groups is 1. The molecular weight excluding hydrogens is 511 g/mol. The molecule has 0 atom stereocenters. The number of alkyl halides is 3. The van der Waals surface area contributed by atoms with E-state index in [9.17, 15) is 28.1 Å². The number of piperazine rings is 1. The molecule has 1 N–H and O–H groups in total. The van der Waals surface area contributed by atoms with Crippen LogP contribution in [0.5, 0.6) is 0 Å². The molecule has 1 saturated heterocycles. The summed E-state index contributed by atoms with van der Waals surface area (Å²) in [7, 11) is 0. The predicted molar refractivity (Wildman–Crippen MR) is 144 cm³/mol. The minimum Gasteiger partial charge on any atom is -0.382 e. The number of aromatic nitrogens is 1. The molecular formula is C28H36F3N5O3. The maximum absolute atomic E-state index is 13.3. The SMILES string of the molecule is CCCCC(=O)N1CCN(c2ccnc(CC3CCC(Nc4ccc([N+](=O)[O-])c(C(F)(F)F)c4)CC3)c2)CC1. The summed E-state index contributed by atoms with van der Waals surface area (Å²) in [5.41, 5.74) is 0.221. The molecule has 2 heterocycles. The molecule has 2 aromatic rings. The van der Waals surface area contributed by atoms with Gasteiger partial charge in [0, 0.05) is 68.0 Å². The van der Waals surface area contributed by atoms with Gasteiger partial charge in [0.1, 0.15) is 5.56 Å². The van der Waals surface area contributed by atoms with E-state index in [1.165, 1.54) is 6.07 Å². The van der Waals surface area contributed by atoms with Crippen molar-refractivity contribution in [3.05, 3.63) is 57.9 Å². The van der Waals surface area contributed by atoms with Crippen molar-refractivity contribution in [1.82, 2.24) is 9.88 Å². The van der Waals surface area contributed by atoms with Crippen molar-refractivity contribution in [3.63, 3.8) is 0 Å². The first-order valence-electron chi connectivity index (χ1n) is 13.7. The Hall–Kier alpha value is -3.37. The van der Waals surface area contributed by atoms with Crippen LogP contribution in [0.3, 0.4) is 0 Å². The van der Waals surface area contributed by atoms with Crippen molar-refractivity contribution in [3.8, 4) is 0 Å². The van der Waals surface area contributed by atoms with Gasteiger partial charge < -0.3 is 15.1 Å². The van der Waals surface area contributed by atoms with Crippen molar-refractivity contribution in [2.45, 2.75) is 70.5 Å². The molecule has 2 aliphatic rings. The van der Waals surface area contributed by atoms with Gasteiger partial charge in [-0.15, -0.1) is 0 Å². The molecule has 0 radical (unpaired) electrons. The van der Waals surface area contributed by atoms with Crippen molar-refractivity contribution >= 4 is 23.0 Å². The summed E-state index contributed by atoms with van der Waals surface area (Å²) < 4.78 is 39.9. The number of anilines is 2. The number of benzene rings is 1. The van der Waals surface area contributed by atoms with Crippen molar-refractivity contribution < 1.29 is 22.9 Å². The lowest BCUT2D eigenvalue weighted by molar-refractivity contribution is -0.388. The van der Waals surface area contributed by atoms with Crippen LogP contribution in [0, 0.1) is 16.0 Å². The number of nitro benzene ring substituents is 1. The standard InChI is InChI=1S/C28H36F3N5O3/c1-2-3-4-27(37)35-15-13-34(14-16-35)24-11-12-32-23(18-24)17-20-5-7-21(8-6-20)33-22-9-10-26(36(38)39)25(19-22)28(29,30)31/h9-12,18-21,33H,2-8,13-17H2,1H3. The molecule has 1 saturated carbocycles. The van der Waals surface area contributed by atoms with Crippen LogP contribution < -0.4 is 10.2 Å². The fourth-order valence-corrected chi connectivity index (χ4v) is 5.53. The Bertz CT molecular complexity index is 1140. The number of halogens is 3. The van der Waals surface area contributed by atoms with E-state index >= 15 is 0 Å². The number of nitrogens with zero attached hydrogens (tertiary/aromatic N) is 4. The maximum Gasteiger partial charge on any atom is 0.423 e. The Morgan fingerprint density at radius 2 is 1.82 bits per heavy atom. The number of rotatable bonds is 9. The van der Waals surface area contributed by atoms with Crippen molar-refractivity contribution in [2.24, 2.45) is 5.92 Å². The predicted octanol–water partition coefficient (Wildman–Crippen LogP) is 6.06. The third-order valence-corrected chi connectivity index (χ3v) is 7.76. The number of hydrogen-bond acceptors (Lipinski definition) is 6. The molecule has 11 heteroatoms. The highest BCUT2D eigenvalue weighted by atomic mass is 19.4. The van der Waals surface area contributed by atoms with Gasteiger partial charge in [-0.05, 0) is 68.7 Å². The van der Waals surface area contributed by atoms with E-state index in [-0.39, 0.29) is 17.6 Å². The van der Waals surface area contributed by atoms with Gasteiger partial charge >= 0.3 is 6.18 Å². The molecule has 0 unspecified atom stereocenters. The average molecular weight is 548 g/mol. The third-order valence-electron chi connectivity index (χ3n) is 7.76. The second-order valence-electron chi connectivity index (χ2n) is 10.5. The van der Waals surface area contributed by atoms with Crippen molar-refractivity contribution in [2.75, 3.05) is 36.4 Å². The summed E-state index contributed by atoms with van der Waals surface area (Å²) in [6.07, 6.45) is 3.90. The fourth-order valence-electron chi connectivity index (χ4n) is 5.53. The molecule has 0 spiro atoms. The van der Waals surface area contributed by atoms with Gasteiger partial charge in [-0.3, -0.25) is 19.9 Å². The van der Waals surface area contributed by atoms with Crippen LogP contribution in [0.15, 0.2) is 36.5 Å². The fraction of sp³-hybridized carbons (Fsp3) is 0.571. The van der Waals surface area contributed by atoms with E-state index in [0.717, 1.165) is 94.6 Å². The van der Waals surface area contributed by atoms with Gasteiger partial charge in [-0.25, -0.2) is 0 Å². The van der Waals surface area contributed by atoms with E-state index in [2.05, 4.69) is 28.2 Å². The average Bonchev–Trinajstić information content (AvgIpc) is 2.92. The maximum atomic E-state index is 13.3. The number of amides is 1. The Morgan fingerprint density at radius 1 is 1.10 bits per heavy atom. The molecule has 2 fully saturated rings. The van der Waals surface area contributed by atoms with E-state index < -0.39 is 22.4 Å². The summed E-state index contributed by atoms with van der Waals surface area (Å²) in [5, 5.41) is 14.1.